The summed E-state index contributed by atoms with van der Waals surface area (Å²) in [6.07, 6.45) is 0. The summed E-state index contributed by atoms with van der Waals surface area (Å²) < 4.78 is 0. The smallest absolute Gasteiger partial charge is 0.337 e. The maximum absolute atomic E-state index is 11.5. The Balaban J connectivity index is 2.57. The molecule has 1 fully saturated rings. The highest BCUT2D eigenvalue weighted by Gasteiger charge is 2.32. The van der Waals surface area contributed by atoms with E-state index in [4.69, 9.17) is 16.7 Å². The Labute approximate surface area is 101 Å². The predicted octanol–water partition coefficient (Wildman–Crippen LogP) is 1.09. The molecular weight excluding hydrogens is 248 g/mol. The molecule has 0 aromatic heterocycles. The van der Waals surface area contributed by atoms with Crippen LogP contribution in [0.15, 0.2) is 18.2 Å². The third-order valence-electron chi connectivity index (χ3n) is 2.27. The number of hydrogen-bond donors (Lipinski definition) is 2. The van der Waals surface area contributed by atoms with Crippen LogP contribution in [0.5, 0.6) is 0 Å². The van der Waals surface area contributed by atoms with Crippen molar-refractivity contribution in [3.63, 3.8) is 0 Å². The molecule has 0 atom stereocenters. The van der Waals surface area contributed by atoms with Gasteiger partial charge in [-0.2, -0.15) is 0 Å². The lowest BCUT2D eigenvalue weighted by Crippen LogP contribution is -2.32. The summed E-state index contributed by atoms with van der Waals surface area (Å²) in [4.78, 5) is 34.7. The standard InChI is InChI=1S/C10H7ClN2O4/c11-5-1-2-6(9(15)16)7(3-5)13-8(14)4-12-10(13)17/h1-3H,4H2,(H,12,17)(H,15,16). The zero-order valence-corrected chi connectivity index (χ0v) is 9.19. The first-order valence-corrected chi connectivity index (χ1v) is 5.02. The van der Waals surface area contributed by atoms with Crippen molar-refractivity contribution < 1.29 is 19.5 Å². The van der Waals surface area contributed by atoms with Gasteiger partial charge >= 0.3 is 12.0 Å². The summed E-state index contributed by atoms with van der Waals surface area (Å²) in [5, 5.41) is 11.5. The molecule has 1 aliphatic rings. The summed E-state index contributed by atoms with van der Waals surface area (Å²) in [5.41, 5.74) is -0.176. The number of hydrogen-bond acceptors (Lipinski definition) is 3. The van der Waals surface area contributed by atoms with Gasteiger partial charge in [0.2, 0.25) is 0 Å². The largest absolute Gasteiger partial charge is 0.478 e. The lowest BCUT2D eigenvalue weighted by atomic mass is 10.1. The van der Waals surface area contributed by atoms with E-state index >= 15 is 0 Å². The Morgan fingerprint density at radius 1 is 1.41 bits per heavy atom. The third kappa shape index (κ3) is 1.94. The number of benzene rings is 1. The number of halogens is 1. The Morgan fingerprint density at radius 3 is 2.65 bits per heavy atom. The van der Waals surface area contributed by atoms with Crippen molar-refractivity contribution in [1.82, 2.24) is 5.32 Å². The van der Waals surface area contributed by atoms with Crippen LogP contribution in [0, 0.1) is 0 Å². The molecule has 88 valence electrons. The van der Waals surface area contributed by atoms with Crippen molar-refractivity contribution in [3.05, 3.63) is 28.8 Å². The van der Waals surface area contributed by atoms with E-state index in [-0.39, 0.29) is 22.8 Å². The van der Waals surface area contributed by atoms with Crippen LogP contribution in [0.4, 0.5) is 10.5 Å². The number of aromatic carboxylic acids is 1. The molecule has 0 saturated carbocycles. The predicted molar refractivity (Wildman–Crippen MR) is 59.3 cm³/mol. The fourth-order valence-corrected chi connectivity index (χ4v) is 1.70. The van der Waals surface area contributed by atoms with Gasteiger partial charge in [-0.05, 0) is 18.2 Å². The normalized spacial score (nSPS) is 15.0. The number of urea groups is 1. The quantitative estimate of drug-likeness (QED) is 0.774. The fraction of sp³-hybridized carbons (Fsp3) is 0.100. The zero-order chi connectivity index (χ0) is 12.6. The molecule has 1 heterocycles. The van der Waals surface area contributed by atoms with Gasteiger partial charge in [0, 0.05) is 5.02 Å². The molecule has 0 unspecified atom stereocenters. The number of rotatable bonds is 2. The van der Waals surface area contributed by atoms with E-state index < -0.39 is 17.9 Å². The van der Waals surface area contributed by atoms with Crippen molar-refractivity contribution in [2.24, 2.45) is 0 Å². The Hall–Kier alpha value is -2.08. The van der Waals surface area contributed by atoms with E-state index in [9.17, 15) is 14.4 Å². The number of carbonyl (C=O) groups excluding carboxylic acids is 2. The van der Waals surface area contributed by atoms with E-state index in [1.54, 1.807) is 0 Å². The van der Waals surface area contributed by atoms with Crippen LogP contribution in [-0.4, -0.2) is 29.6 Å². The number of nitrogens with zero attached hydrogens (tertiary/aromatic N) is 1. The van der Waals surface area contributed by atoms with Crippen LogP contribution in [0.2, 0.25) is 5.02 Å². The van der Waals surface area contributed by atoms with E-state index in [0.29, 0.717) is 0 Å². The molecule has 3 amide bonds. The summed E-state index contributed by atoms with van der Waals surface area (Å²) in [6, 6.07) is 3.25. The highest BCUT2D eigenvalue weighted by atomic mass is 35.5. The van der Waals surface area contributed by atoms with Crippen molar-refractivity contribution >= 4 is 35.2 Å². The Kier molecular flexibility index (Phi) is 2.72. The molecule has 6 nitrogen and oxygen atoms in total. The second-order valence-corrected chi connectivity index (χ2v) is 3.79. The fourth-order valence-electron chi connectivity index (χ4n) is 1.54. The number of carboxylic acid groups (broad SMARTS) is 1. The van der Waals surface area contributed by atoms with Crippen LogP contribution in [0.1, 0.15) is 10.4 Å². The van der Waals surface area contributed by atoms with Crippen molar-refractivity contribution in [3.8, 4) is 0 Å². The molecule has 0 bridgehead atoms. The minimum atomic E-state index is -1.23. The average Bonchev–Trinajstić information content (AvgIpc) is 2.58. The van der Waals surface area contributed by atoms with E-state index in [2.05, 4.69) is 5.32 Å². The van der Waals surface area contributed by atoms with Crippen LogP contribution in [-0.2, 0) is 4.79 Å². The van der Waals surface area contributed by atoms with Crippen LogP contribution in [0.25, 0.3) is 0 Å². The summed E-state index contributed by atoms with van der Waals surface area (Å²) in [7, 11) is 0. The lowest BCUT2D eigenvalue weighted by molar-refractivity contribution is -0.115. The molecular formula is C10H7ClN2O4. The second-order valence-electron chi connectivity index (χ2n) is 3.35. The van der Waals surface area contributed by atoms with Gasteiger partial charge in [0.05, 0.1) is 17.8 Å². The summed E-state index contributed by atoms with van der Waals surface area (Å²) in [6.45, 7) is -0.148. The average molecular weight is 255 g/mol. The van der Waals surface area contributed by atoms with Crippen molar-refractivity contribution in [1.29, 1.82) is 0 Å². The molecule has 1 aromatic rings. The highest BCUT2D eigenvalue weighted by molar-refractivity contribution is 6.31. The molecule has 2 rings (SSSR count). The minimum Gasteiger partial charge on any atom is -0.478 e. The molecule has 0 spiro atoms. The Morgan fingerprint density at radius 2 is 2.12 bits per heavy atom. The van der Waals surface area contributed by atoms with Crippen molar-refractivity contribution in [2.45, 2.75) is 0 Å². The van der Waals surface area contributed by atoms with Gasteiger partial charge in [0.15, 0.2) is 0 Å². The lowest BCUT2D eigenvalue weighted by Gasteiger charge is -2.15. The van der Waals surface area contributed by atoms with Gasteiger partial charge < -0.3 is 10.4 Å². The number of anilines is 1. The molecule has 0 radical (unpaired) electrons. The van der Waals surface area contributed by atoms with E-state index in [1.165, 1.54) is 18.2 Å². The van der Waals surface area contributed by atoms with E-state index in [0.717, 1.165) is 4.90 Å². The topological polar surface area (TPSA) is 86.7 Å². The zero-order valence-electron chi connectivity index (χ0n) is 8.44. The van der Waals surface area contributed by atoms with Crippen LogP contribution >= 0.6 is 11.6 Å². The molecule has 2 N–H and O–H groups in total. The van der Waals surface area contributed by atoms with Gasteiger partial charge in [0.25, 0.3) is 5.91 Å². The minimum absolute atomic E-state index is 0.0231. The second kappa shape index (κ2) is 4.06. The molecule has 1 aliphatic heterocycles. The van der Waals surface area contributed by atoms with Gasteiger partial charge in [-0.3, -0.25) is 4.79 Å². The molecule has 7 heteroatoms. The maximum Gasteiger partial charge on any atom is 0.337 e. The first-order chi connectivity index (χ1) is 8.00. The molecule has 1 aromatic carbocycles. The molecule has 0 aliphatic carbocycles. The summed E-state index contributed by atoms with van der Waals surface area (Å²) in [5.74, 6) is -1.75. The number of carboxylic acids is 1. The number of nitrogens with one attached hydrogen (secondary N) is 1. The van der Waals surface area contributed by atoms with Gasteiger partial charge in [0.1, 0.15) is 0 Å². The van der Waals surface area contributed by atoms with E-state index in [1.807, 2.05) is 0 Å². The highest BCUT2D eigenvalue weighted by Crippen LogP contribution is 2.26. The Bertz CT molecular complexity index is 513. The molecule has 17 heavy (non-hydrogen) atoms. The first-order valence-electron chi connectivity index (χ1n) is 4.64. The van der Waals surface area contributed by atoms with Crippen molar-refractivity contribution in [2.75, 3.05) is 11.4 Å². The SMILES string of the molecule is O=C(O)c1ccc(Cl)cc1N1C(=O)CNC1=O. The number of imide groups is 1. The number of carbonyl (C=O) groups is 3. The monoisotopic (exact) mass is 254 g/mol. The van der Waals surface area contributed by atoms with Gasteiger partial charge in [-0.25, -0.2) is 14.5 Å². The van der Waals surface area contributed by atoms with Crippen LogP contribution < -0.4 is 10.2 Å². The van der Waals surface area contributed by atoms with Gasteiger partial charge in [-0.1, -0.05) is 11.6 Å². The summed E-state index contributed by atoms with van der Waals surface area (Å²) >= 11 is 5.73. The molecule has 1 saturated heterocycles. The van der Waals surface area contributed by atoms with Gasteiger partial charge in [-0.15, -0.1) is 0 Å². The number of amides is 3. The first kappa shape index (κ1) is 11.4. The third-order valence-corrected chi connectivity index (χ3v) is 2.51. The van der Waals surface area contributed by atoms with Crippen LogP contribution in [0.3, 0.4) is 0 Å². The maximum atomic E-state index is 11.5.